The molecule has 3 aromatic rings. The summed E-state index contributed by atoms with van der Waals surface area (Å²) in [6.45, 7) is -0.634. The van der Waals surface area contributed by atoms with E-state index in [0.29, 0.717) is 11.3 Å². The molecule has 160 valence electrons. The Kier molecular flexibility index (Phi) is 6.51. The van der Waals surface area contributed by atoms with E-state index in [1.54, 1.807) is 29.6 Å². The lowest BCUT2D eigenvalue weighted by Gasteiger charge is -2.10. The van der Waals surface area contributed by atoms with Crippen molar-refractivity contribution in [2.75, 3.05) is 11.3 Å². The Balaban J connectivity index is 1.61. The third-order valence-electron chi connectivity index (χ3n) is 4.21. The molecular formula is C21H19N3O6S. The minimum Gasteiger partial charge on any atom is -0.455 e. The van der Waals surface area contributed by atoms with E-state index < -0.39 is 34.5 Å². The summed E-state index contributed by atoms with van der Waals surface area (Å²) in [4.78, 5) is 33.7. The maximum Gasteiger partial charge on any atom is 0.318 e. The second-order valence-electron chi connectivity index (χ2n) is 6.56. The van der Waals surface area contributed by atoms with Crippen molar-refractivity contribution >= 4 is 44.4 Å². The monoisotopic (exact) mass is 441 g/mol. The number of sulfonamides is 1. The van der Waals surface area contributed by atoms with Crippen LogP contribution in [0.25, 0.3) is 10.8 Å². The number of hydrogen-bond donors (Lipinski definition) is 3. The summed E-state index contributed by atoms with van der Waals surface area (Å²) < 4.78 is 32.6. The first-order valence-electron chi connectivity index (χ1n) is 9.08. The van der Waals surface area contributed by atoms with Crippen LogP contribution in [0.2, 0.25) is 0 Å². The minimum absolute atomic E-state index is 0.132. The lowest BCUT2D eigenvalue weighted by molar-refractivity contribution is -0.147. The van der Waals surface area contributed by atoms with Gasteiger partial charge in [0.05, 0.1) is 11.3 Å². The molecule has 0 aliphatic carbocycles. The fourth-order valence-corrected chi connectivity index (χ4v) is 3.87. The van der Waals surface area contributed by atoms with Gasteiger partial charge in [0.25, 0.3) is 15.9 Å². The molecule has 3 rings (SSSR count). The van der Waals surface area contributed by atoms with Crippen LogP contribution in [-0.4, -0.2) is 32.9 Å². The van der Waals surface area contributed by atoms with Crippen molar-refractivity contribution in [3.63, 3.8) is 0 Å². The highest BCUT2D eigenvalue weighted by molar-refractivity contribution is 7.92. The zero-order chi connectivity index (χ0) is 22.4. The Hall–Kier alpha value is -3.92. The smallest absolute Gasteiger partial charge is 0.318 e. The molecule has 0 radical (unpaired) electrons. The van der Waals surface area contributed by atoms with Crippen molar-refractivity contribution in [3.8, 4) is 0 Å². The zero-order valence-electron chi connectivity index (χ0n) is 16.2. The molecule has 0 fully saturated rings. The molecule has 0 aliphatic rings. The first-order valence-corrected chi connectivity index (χ1v) is 10.6. The molecule has 3 amide bonds. The predicted molar refractivity (Wildman–Crippen MR) is 114 cm³/mol. The number of anilines is 1. The highest BCUT2D eigenvalue weighted by Crippen LogP contribution is 2.21. The van der Waals surface area contributed by atoms with E-state index in [-0.39, 0.29) is 11.3 Å². The number of ether oxygens (including phenoxy) is 1. The van der Waals surface area contributed by atoms with Gasteiger partial charge in [-0.15, -0.1) is 0 Å². The van der Waals surface area contributed by atoms with E-state index in [0.717, 1.165) is 10.8 Å². The molecule has 10 heteroatoms. The van der Waals surface area contributed by atoms with Crippen LogP contribution in [0.15, 0.2) is 71.6 Å². The van der Waals surface area contributed by atoms with Crippen molar-refractivity contribution in [1.29, 1.82) is 0 Å². The van der Waals surface area contributed by atoms with Gasteiger partial charge in [0.2, 0.25) is 0 Å². The van der Waals surface area contributed by atoms with Crippen molar-refractivity contribution in [2.45, 2.75) is 11.3 Å². The number of amides is 3. The number of rotatable bonds is 7. The normalized spacial score (nSPS) is 11.0. The topological polar surface area (TPSA) is 145 Å². The summed E-state index contributed by atoms with van der Waals surface area (Å²) in [6, 6.07) is 17.4. The summed E-state index contributed by atoms with van der Waals surface area (Å²) in [5, 5.41) is 3.52. The second-order valence-corrected chi connectivity index (χ2v) is 8.24. The Morgan fingerprint density at radius 2 is 1.58 bits per heavy atom. The average molecular weight is 441 g/mol. The molecule has 0 spiro atoms. The summed E-state index contributed by atoms with van der Waals surface area (Å²) >= 11 is 0. The van der Waals surface area contributed by atoms with Crippen LogP contribution in [-0.2, 0) is 30.8 Å². The van der Waals surface area contributed by atoms with Gasteiger partial charge in [-0.25, -0.2) is 13.2 Å². The zero-order valence-corrected chi connectivity index (χ0v) is 17.0. The van der Waals surface area contributed by atoms with Crippen LogP contribution in [0.1, 0.15) is 5.56 Å². The maximum absolute atomic E-state index is 12.7. The van der Waals surface area contributed by atoms with Gasteiger partial charge < -0.3 is 10.5 Å². The van der Waals surface area contributed by atoms with Crippen LogP contribution in [0, 0.1) is 0 Å². The molecule has 0 aliphatic heterocycles. The van der Waals surface area contributed by atoms with Crippen molar-refractivity contribution in [3.05, 3.63) is 72.3 Å². The van der Waals surface area contributed by atoms with Crippen LogP contribution in [0.5, 0.6) is 0 Å². The Bertz CT molecular complexity index is 1240. The van der Waals surface area contributed by atoms with Gasteiger partial charge in [-0.3, -0.25) is 19.6 Å². The highest BCUT2D eigenvalue weighted by atomic mass is 32.2. The van der Waals surface area contributed by atoms with Gasteiger partial charge in [0.15, 0.2) is 6.61 Å². The fourth-order valence-electron chi connectivity index (χ4n) is 2.78. The van der Waals surface area contributed by atoms with Gasteiger partial charge in [-0.2, -0.15) is 0 Å². The van der Waals surface area contributed by atoms with Crippen LogP contribution in [0.4, 0.5) is 10.5 Å². The van der Waals surface area contributed by atoms with Crippen LogP contribution < -0.4 is 15.8 Å². The average Bonchev–Trinajstić information content (AvgIpc) is 2.72. The van der Waals surface area contributed by atoms with Gasteiger partial charge >= 0.3 is 12.0 Å². The number of urea groups is 1. The Morgan fingerprint density at radius 1 is 0.903 bits per heavy atom. The van der Waals surface area contributed by atoms with E-state index >= 15 is 0 Å². The number of carbonyl (C=O) groups is 3. The van der Waals surface area contributed by atoms with E-state index in [1.807, 2.05) is 24.3 Å². The number of esters is 1. The quantitative estimate of drug-likeness (QED) is 0.478. The first kappa shape index (κ1) is 21.8. The van der Waals surface area contributed by atoms with E-state index in [1.165, 1.54) is 18.2 Å². The van der Waals surface area contributed by atoms with Gasteiger partial charge in [-0.1, -0.05) is 42.5 Å². The summed E-state index contributed by atoms with van der Waals surface area (Å²) in [6.07, 6.45) is -0.137. The number of carbonyl (C=O) groups excluding carboxylic acids is 3. The van der Waals surface area contributed by atoms with Gasteiger partial charge in [-0.05, 0) is 40.6 Å². The van der Waals surface area contributed by atoms with E-state index in [4.69, 9.17) is 10.5 Å². The number of nitrogens with one attached hydrogen (secondary N) is 2. The SMILES string of the molecule is NC(=O)NC(=O)COC(=O)Cc1ccc(NS(=O)(=O)c2ccc3ccccc3c2)cc1. The molecule has 31 heavy (non-hydrogen) atoms. The first-order chi connectivity index (χ1) is 14.7. The lowest BCUT2D eigenvalue weighted by Crippen LogP contribution is -2.37. The third-order valence-corrected chi connectivity index (χ3v) is 5.59. The summed E-state index contributed by atoms with van der Waals surface area (Å²) in [7, 11) is -3.79. The molecular weight excluding hydrogens is 422 g/mol. The molecule has 4 N–H and O–H groups in total. The summed E-state index contributed by atoms with van der Waals surface area (Å²) in [5.41, 5.74) is 5.66. The van der Waals surface area contributed by atoms with Gasteiger partial charge in [0.1, 0.15) is 0 Å². The highest BCUT2D eigenvalue weighted by Gasteiger charge is 2.15. The summed E-state index contributed by atoms with van der Waals surface area (Å²) in [5.74, 6) is -1.52. The van der Waals surface area contributed by atoms with Crippen LogP contribution >= 0.6 is 0 Å². The Labute approximate surface area is 178 Å². The molecule has 3 aromatic carbocycles. The standard InChI is InChI=1S/C21H19N3O6S/c22-21(27)23-19(25)13-30-20(26)11-14-5-8-17(9-6-14)24-31(28,29)18-10-7-15-3-1-2-4-16(15)12-18/h1-10,12,24H,11,13H2,(H3,22,23,25,27). The van der Waals surface area contributed by atoms with Gasteiger partial charge in [0, 0.05) is 5.69 Å². The molecule has 0 saturated carbocycles. The van der Waals surface area contributed by atoms with Crippen molar-refractivity contribution in [1.82, 2.24) is 5.32 Å². The van der Waals surface area contributed by atoms with E-state index in [9.17, 15) is 22.8 Å². The maximum atomic E-state index is 12.7. The molecule has 0 aromatic heterocycles. The Morgan fingerprint density at radius 3 is 2.26 bits per heavy atom. The number of benzene rings is 3. The number of fused-ring (bicyclic) bond motifs is 1. The lowest BCUT2D eigenvalue weighted by atomic mass is 10.1. The minimum atomic E-state index is -3.79. The molecule has 0 heterocycles. The molecule has 0 bridgehead atoms. The van der Waals surface area contributed by atoms with Crippen molar-refractivity contribution < 1.29 is 27.5 Å². The molecule has 0 atom stereocenters. The number of imide groups is 1. The van der Waals surface area contributed by atoms with Crippen LogP contribution in [0.3, 0.4) is 0 Å². The van der Waals surface area contributed by atoms with Crippen molar-refractivity contribution in [2.24, 2.45) is 5.73 Å². The largest absolute Gasteiger partial charge is 0.455 e. The molecule has 0 unspecified atom stereocenters. The predicted octanol–water partition coefficient (Wildman–Crippen LogP) is 1.92. The number of hydrogen-bond acceptors (Lipinski definition) is 6. The second kappa shape index (κ2) is 9.26. The third kappa shape index (κ3) is 6.03. The fraction of sp³-hybridized carbons (Fsp3) is 0.0952. The number of primary amides is 1. The molecule has 9 nitrogen and oxygen atoms in total. The number of nitrogens with two attached hydrogens (primary N) is 1. The van der Waals surface area contributed by atoms with E-state index in [2.05, 4.69) is 4.72 Å². The molecule has 0 saturated heterocycles.